The second-order valence-corrected chi connectivity index (χ2v) is 11.5. The molecule has 0 atom stereocenters. The van der Waals surface area contributed by atoms with E-state index in [2.05, 4.69) is 54.8 Å². The third-order valence-corrected chi connectivity index (χ3v) is 8.68. The minimum atomic E-state index is -1.74. The van der Waals surface area contributed by atoms with Gasteiger partial charge in [-0.2, -0.15) is 0 Å². The van der Waals surface area contributed by atoms with Gasteiger partial charge >= 0.3 is 0 Å². The van der Waals surface area contributed by atoms with Crippen LogP contribution in [0.5, 0.6) is 5.88 Å². The Morgan fingerprint density at radius 3 is 2.39 bits per heavy atom. The topological polar surface area (TPSA) is 31.4 Å². The lowest BCUT2D eigenvalue weighted by molar-refractivity contribution is 0.269. The van der Waals surface area contributed by atoms with Gasteiger partial charge in [0.2, 0.25) is 5.88 Å². The van der Waals surface area contributed by atoms with Crippen molar-refractivity contribution in [1.29, 1.82) is 0 Å². The summed E-state index contributed by atoms with van der Waals surface area (Å²) in [5.74, 6) is 0.618. The summed E-state index contributed by atoms with van der Waals surface area (Å²) in [5.41, 5.74) is 0.888. The van der Waals surface area contributed by atoms with Crippen LogP contribution in [0.2, 0.25) is 18.1 Å². The third kappa shape index (κ3) is 3.80. The normalized spacial score (nSPS) is 12.6. The fourth-order valence-electron chi connectivity index (χ4n) is 1.14. The van der Waals surface area contributed by atoms with Crippen LogP contribution in [-0.4, -0.2) is 20.4 Å². The molecule has 3 nitrogen and oxygen atoms in total. The average Bonchev–Trinajstić information content (AvgIpc) is 2.26. The Balaban J connectivity index is 2.80. The van der Waals surface area contributed by atoms with Crippen molar-refractivity contribution in [2.75, 3.05) is 7.11 Å². The number of hydrogen-bond acceptors (Lipinski definition) is 3. The molecule has 18 heavy (non-hydrogen) atoms. The lowest BCUT2D eigenvalue weighted by atomic mass is 10.2. The second kappa shape index (κ2) is 5.71. The van der Waals surface area contributed by atoms with Crippen LogP contribution in [-0.2, 0) is 11.0 Å². The molecule has 0 amide bonds. The van der Waals surface area contributed by atoms with Crippen molar-refractivity contribution in [1.82, 2.24) is 4.98 Å². The van der Waals surface area contributed by atoms with E-state index in [-0.39, 0.29) is 5.04 Å². The highest BCUT2D eigenvalue weighted by molar-refractivity contribution is 9.10. The molecule has 1 rings (SSSR count). The number of nitrogens with zero attached hydrogens (tertiary/aromatic N) is 1. The first-order valence-corrected chi connectivity index (χ1v) is 9.71. The Morgan fingerprint density at radius 1 is 1.28 bits per heavy atom. The van der Waals surface area contributed by atoms with E-state index in [0.29, 0.717) is 12.5 Å². The number of methoxy groups -OCH3 is 1. The molecule has 0 aliphatic carbocycles. The summed E-state index contributed by atoms with van der Waals surface area (Å²) in [4.78, 5) is 4.40. The van der Waals surface area contributed by atoms with Gasteiger partial charge in [0.15, 0.2) is 8.32 Å². The van der Waals surface area contributed by atoms with Gasteiger partial charge in [-0.05, 0) is 40.1 Å². The quantitative estimate of drug-likeness (QED) is 0.767. The Kier molecular flexibility index (Phi) is 4.97. The van der Waals surface area contributed by atoms with E-state index in [1.54, 1.807) is 7.11 Å². The summed E-state index contributed by atoms with van der Waals surface area (Å²) in [6, 6.07) is 3.77. The maximum Gasteiger partial charge on any atom is 0.213 e. The van der Waals surface area contributed by atoms with Crippen LogP contribution in [0.1, 0.15) is 26.5 Å². The SMILES string of the molecule is COc1ccc(Br)c(CO[Si](C)(C)C(C)(C)C)n1. The van der Waals surface area contributed by atoms with Crippen LogP contribution < -0.4 is 4.74 Å². The number of ether oxygens (including phenoxy) is 1. The molecule has 0 unspecified atom stereocenters. The molecule has 0 aliphatic rings. The van der Waals surface area contributed by atoms with Crippen molar-refractivity contribution in [2.45, 2.75) is 45.5 Å². The molecule has 0 saturated carbocycles. The molecule has 0 aliphatic heterocycles. The lowest BCUT2D eigenvalue weighted by Gasteiger charge is -2.36. The molecule has 0 N–H and O–H groups in total. The van der Waals surface area contributed by atoms with E-state index in [1.807, 2.05) is 12.1 Å². The van der Waals surface area contributed by atoms with Gasteiger partial charge in [-0.25, -0.2) is 4.98 Å². The Bertz CT molecular complexity index is 416. The van der Waals surface area contributed by atoms with Gasteiger partial charge in [0.05, 0.1) is 19.4 Å². The van der Waals surface area contributed by atoms with Crippen molar-refractivity contribution < 1.29 is 9.16 Å². The van der Waals surface area contributed by atoms with Crippen LogP contribution in [0.3, 0.4) is 0 Å². The number of halogens is 1. The predicted molar refractivity (Wildman–Crippen MR) is 80.5 cm³/mol. The number of aromatic nitrogens is 1. The average molecular weight is 332 g/mol. The van der Waals surface area contributed by atoms with Gasteiger partial charge in [-0.15, -0.1) is 0 Å². The largest absolute Gasteiger partial charge is 0.481 e. The van der Waals surface area contributed by atoms with E-state index in [0.717, 1.165) is 10.2 Å². The standard InChI is InChI=1S/C13H22BrNO2Si/c1-13(2,3)18(5,6)17-9-11-10(14)7-8-12(15-11)16-4/h7-8H,9H2,1-6H3. The van der Waals surface area contributed by atoms with Crippen LogP contribution in [0, 0.1) is 0 Å². The molecule has 0 aromatic carbocycles. The van der Waals surface area contributed by atoms with Crippen molar-refractivity contribution in [3.05, 3.63) is 22.3 Å². The molecule has 0 saturated heterocycles. The first kappa shape index (κ1) is 15.7. The third-order valence-electron chi connectivity index (χ3n) is 3.48. The molecule has 1 heterocycles. The fraction of sp³-hybridized carbons (Fsp3) is 0.615. The summed E-state index contributed by atoms with van der Waals surface area (Å²) in [7, 11) is -0.120. The molecule has 0 spiro atoms. The van der Waals surface area contributed by atoms with Gasteiger partial charge in [0.1, 0.15) is 0 Å². The molecule has 0 radical (unpaired) electrons. The number of rotatable bonds is 4. The van der Waals surface area contributed by atoms with E-state index >= 15 is 0 Å². The summed E-state index contributed by atoms with van der Waals surface area (Å²) >= 11 is 3.50. The molecular formula is C13H22BrNO2Si. The highest BCUT2D eigenvalue weighted by atomic mass is 79.9. The first-order chi connectivity index (χ1) is 8.17. The maximum atomic E-state index is 6.15. The molecule has 1 aromatic heterocycles. The highest BCUT2D eigenvalue weighted by Crippen LogP contribution is 2.37. The zero-order valence-corrected chi connectivity index (χ0v) is 14.6. The van der Waals surface area contributed by atoms with E-state index in [9.17, 15) is 0 Å². The summed E-state index contributed by atoms with van der Waals surface area (Å²) in [5, 5.41) is 0.207. The fourth-order valence-corrected chi connectivity index (χ4v) is 2.41. The molecule has 1 aromatic rings. The maximum absolute atomic E-state index is 6.15. The smallest absolute Gasteiger partial charge is 0.213 e. The van der Waals surface area contributed by atoms with Gasteiger partial charge in [0.25, 0.3) is 0 Å². The van der Waals surface area contributed by atoms with Gasteiger partial charge in [-0.3, -0.25) is 0 Å². The lowest BCUT2D eigenvalue weighted by Crippen LogP contribution is -2.40. The predicted octanol–water partition coefficient (Wildman–Crippen LogP) is 4.37. The Morgan fingerprint density at radius 2 is 1.89 bits per heavy atom. The van der Waals surface area contributed by atoms with Gasteiger partial charge in [-0.1, -0.05) is 20.8 Å². The van der Waals surface area contributed by atoms with Gasteiger partial charge in [0, 0.05) is 10.5 Å². The summed E-state index contributed by atoms with van der Waals surface area (Å²) in [6.45, 7) is 11.7. The van der Waals surface area contributed by atoms with Crippen molar-refractivity contribution in [3.8, 4) is 5.88 Å². The Labute approximate surface area is 119 Å². The molecule has 5 heteroatoms. The van der Waals surface area contributed by atoms with E-state index in [4.69, 9.17) is 9.16 Å². The summed E-state index contributed by atoms with van der Waals surface area (Å²) in [6.07, 6.45) is 0. The number of hydrogen-bond donors (Lipinski definition) is 0. The van der Waals surface area contributed by atoms with Gasteiger partial charge < -0.3 is 9.16 Å². The van der Waals surface area contributed by atoms with Crippen LogP contribution in [0.25, 0.3) is 0 Å². The van der Waals surface area contributed by atoms with E-state index < -0.39 is 8.32 Å². The Hall–Kier alpha value is -0.393. The highest BCUT2D eigenvalue weighted by Gasteiger charge is 2.37. The second-order valence-electron chi connectivity index (χ2n) is 5.83. The first-order valence-electron chi connectivity index (χ1n) is 6.01. The van der Waals surface area contributed by atoms with Crippen molar-refractivity contribution in [2.24, 2.45) is 0 Å². The van der Waals surface area contributed by atoms with Crippen molar-refractivity contribution in [3.63, 3.8) is 0 Å². The van der Waals surface area contributed by atoms with Crippen LogP contribution in [0.4, 0.5) is 0 Å². The van der Waals surface area contributed by atoms with Crippen LogP contribution in [0.15, 0.2) is 16.6 Å². The molecule has 0 fully saturated rings. The molecule has 102 valence electrons. The zero-order chi connectivity index (χ0) is 14.0. The van der Waals surface area contributed by atoms with Crippen LogP contribution >= 0.6 is 15.9 Å². The van der Waals surface area contributed by atoms with Crippen molar-refractivity contribution >= 4 is 24.2 Å². The zero-order valence-electron chi connectivity index (χ0n) is 12.0. The summed E-state index contributed by atoms with van der Waals surface area (Å²) < 4.78 is 12.2. The monoisotopic (exact) mass is 331 g/mol. The molecular weight excluding hydrogens is 310 g/mol. The molecule has 0 bridgehead atoms. The minimum Gasteiger partial charge on any atom is -0.481 e. The minimum absolute atomic E-state index is 0.207. The van der Waals surface area contributed by atoms with E-state index in [1.165, 1.54) is 0 Å². The number of pyridine rings is 1.